The highest BCUT2D eigenvalue weighted by molar-refractivity contribution is 5.89. The summed E-state index contributed by atoms with van der Waals surface area (Å²) >= 11 is 0. The minimum Gasteiger partial charge on any atom is -0.461 e. The van der Waals surface area contributed by atoms with Gasteiger partial charge in [0, 0.05) is 11.3 Å². The van der Waals surface area contributed by atoms with Gasteiger partial charge in [0.25, 0.3) is 0 Å². The molecule has 0 atom stereocenters. The third-order valence-corrected chi connectivity index (χ3v) is 2.85. The van der Waals surface area contributed by atoms with Crippen molar-refractivity contribution in [2.45, 2.75) is 53.5 Å². The van der Waals surface area contributed by atoms with Crippen LogP contribution in [0, 0.1) is 0 Å². The van der Waals surface area contributed by atoms with Crippen molar-refractivity contribution in [3.8, 4) is 0 Å². The summed E-state index contributed by atoms with van der Waals surface area (Å²) in [6.45, 7) is 9.81. The number of carbonyl (C=O) groups excluding carboxylic acids is 2. The van der Waals surface area contributed by atoms with E-state index >= 15 is 0 Å². The van der Waals surface area contributed by atoms with Crippen molar-refractivity contribution in [2.75, 3.05) is 6.61 Å². The fraction of sp³-hybridized carbons (Fsp3) is 0.643. The van der Waals surface area contributed by atoms with E-state index in [0.29, 0.717) is 12.3 Å². The fourth-order valence-corrected chi connectivity index (χ4v) is 2.18. The third kappa shape index (κ3) is 3.43. The number of Topliss-reactive ketones (excluding diaryl/α,β-unsaturated/α-hetero) is 1. The summed E-state index contributed by atoms with van der Waals surface area (Å²) in [7, 11) is 0. The van der Waals surface area contributed by atoms with Crippen molar-refractivity contribution >= 4 is 11.8 Å². The highest BCUT2D eigenvalue weighted by Crippen LogP contribution is 2.25. The number of ketones is 1. The maximum Gasteiger partial charge on any atom is 0.359 e. The van der Waals surface area contributed by atoms with Gasteiger partial charge in [-0.2, -0.15) is 5.10 Å². The summed E-state index contributed by atoms with van der Waals surface area (Å²) in [5.74, 6) is -0.235. The number of carbonyl (C=O) groups is 2. The summed E-state index contributed by atoms with van der Waals surface area (Å²) in [4.78, 5) is 23.2. The number of rotatable bonds is 6. The van der Waals surface area contributed by atoms with E-state index in [1.54, 1.807) is 11.6 Å². The van der Waals surface area contributed by atoms with E-state index in [-0.39, 0.29) is 18.2 Å². The van der Waals surface area contributed by atoms with Gasteiger partial charge in [-0.3, -0.25) is 9.48 Å². The lowest BCUT2D eigenvalue weighted by Gasteiger charge is -2.09. The first-order chi connectivity index (χ1) is 8.92. The van der Waals surface area contributed by atoms with Crippen molar-refractivity contribution in [3.05, 3.63) is 17.0 Å². The average molecular weight is 266 g/mol. The molecule has 0 aliphatic heterocycles. The maximum atomic E-state index is 12.0. The van der Waals surface area contributed by atoms with Crippen molar-refractivity contribution in [2.24, 2.45) is 0 Å². The number of hydrogen-bond donors (Lipinski definition) is 0. The fourth-order valence-electron chi connectivity index (χ4n) is 2.18. The van der Waals surface area contributed by atoms with Crippen molar-refractivity contribution in [1.29, 1.82) is 0 Å². The summed E-state index contributed by atoms with van der Waals surface area (Å²) in [6.07, 6.45) is 0.729. The molecule has 0 unspecified atom stereocenters. The number of ether oxygens (including phenoxy) is 1. The maximum absolute atomic E-state index is 12.0. The van der Waals surface area contributed by atoms with Gasteiger partial charge in [0.15, 0.2) is 11.5 Å². The van der Waals surface area contributed by atoms with Crippen molar-refractivity contribution < 1.29 is 14.3 Å². The lowest BCUT2D eigenvalue weighted by atomic mass is 9.99. The van der Waals surface area contributed by atoms with Gasteiger partial charge >= 0.3 is 5.97 Å². The molecule has 106 valence electrons. The van der Waals surface area contributed by atoms with E-state index in [9.17, 15) is 9.59 Å². The Morgan fingerprint density at radius 2 is 1.95 bits per heavy atom. The largest absolute Gasteiger partial charge is 0.461 e. The second kappa shape index (κ2) is 6.50. The number of hydrogen-bond acceptors (Lipinski definition) is 4. The highest BCUT2D eigenvalue weighted by atomic mass is 16.5. The van der Waals surface area contributed by atoms with E-state index in [1.165, 1.54) is 6.92 Å². The molecule has 0 N–H and O–H groups in total. The van der Waals surface area contributed by atoms with Crippen LogP contribution < -0.4 is 0 Å². The van der Waals surface area contributed by atoms with Crippen molar-refractivity contribution in [1.82, 2.24) is 9.78 Å². The van der Waals surface area contributed by atoms with Gasteiger partial charge < -0.3 is 4.74 Å². The molecule has 0 aromatic carbocycles. The first kappa shape index (κ1) is 15.4. The van der Waals surface area contributed by atoms with Crippen LogP contribution in [0.5, 0.6) is 0 Å². The monoisotopic (exact) mass is 266 g/mol. The Labute approximate surface area is 113 Å². The van der Waals surface area contributed by atoms with Crippen LogP contribution in [0.4, 0.5) is 0 Å². The molecular weight excluding hydrogens is 244 g/mol. The van der Waals surface area contributed by atoms with Crippen LogP contribution in [0.15, 0.2) is 0 Å². The second-order valence-electron chi connectivity index (χ2n) is 4.80. The van der Waals surface area contributed by atoms with Crippen LogP contribution in [0.3, 0.4) is 0 Å². The highest BCUT2D eigenvalue weighted by Gasteiger charge is 2.25. The van der Waals surface area contributed by atoms with Crippen LogP contribution in [-0.2, 0) is 22.5 Å². The van der Waals surface area contributed by atoms with E-state index in [2.05, 4.69) is 5.10 Å². The Balaban J connectivity index is 3.32. The molecule has 0 aliphatic carbocycles. The van der Waals surface area contributed by atoms with Gasteiger partial charge in [0.1, 0.15) is 0 Å². The molecule has 19 heavy (non-hydrogen) atoms. The topological polar surface area (TPSA) is 61.2 Å². The zero-order valence-electron chi connectivity index (χ0n) is 12.3. The molecule has 0 saturated carbocycles. The SMILES string of the molecule is CCOC(=O)c1nn(CC(C)=O)c(CC)c1C(C)C. The normalized spacial score (nSPS) is 10.8. The minimum absolute atomic E-state index is 0.0166. The molecule has 5 nitrogen and oxygen atoms in total. The summed E-state index contributed by atoms with van der Waals surface area (Å²) in [5.41, 5.74) is 2.17. The molecule has 0 amide bonds. The molecule has 5 heteroatoms. The first-order valence-corrected chi connectivity index (χ1v) is 6.68. The molecular formula is C14H22N2O3. The molecule has 0 radical (unpaired) electrons. The second-order valence-corrected chi connectivity index (χ2v) is 4.80. The standard InChI is InChI=1S/C14H22N2O3/c1-6-11-12(9(3)4)13(14(18)19-7-2)15-16(11)8-10(5)17/h9H,6-8H2,1-5H3. The molecule has 1 rings (SSSR count). The van der Waals surface area contributed by atoms with Gasteiger partial charge in [0.05, 0.1) is 13.2 Å². The number of nitrogens with zero attached hydrogens (tertiary/aromatic N) is 2. The van der Waals surface area contributed by atoms with Crippen molar-refractivity contribution in [3.63, 3.8) is 0 Å². The third-order valence-electron chi connectivity index (χ3n) is 2.85. The molecule has 1 aromatic rings. The van der Waals surface area contributed by atoms with Crippen LogP contribution in [0.2, 0.25) is 0 Å². The molecule has 0 bridgehead atoms. The molecule has 0 saturated heterocycles. The van der Waals surface area contributed by atoms with Gasteiger partial charge in [0.2, 0.25) is 0 Å². The van der Waals surface area contributed by atoms with Gasteiger partial charge in [-0.1, -0.05) is 20.8 Å². The van der Waals surface area contributed by atoms with Crippen LogP contribution in [0.1, 0.15) is 62.3 Å². The van der Waals surface area contributed by atoms with E-state index in [0.717, 1.165) is 17.7 Å². The zero-order valence-corrected chi connectivity index (χ0v) is 12.3. The van der Waals surface area contributed by atoms with E-state index in [4.69, 9.17) is 4.74 Å². The predicted octanol–water partition coefficient (Wildman–Crippen LogP) is 2.33. The van der Waals surface area contributed by atoms with Crippen LogP contribution >= 0.6 is 0 Å². The lowest BCUT2D eigenvalue weighted by Crippen LogP contribution is -2.12. The Morgan fingerprint density at radius 1 is 1.32 bits per heavy atom. The van der Waals surface area contributed by atoms with E-state index < -0.39 is 5.97 Å². The lowest BCUT2D eigenvalue weighted by molar-refractivity contribution is -0.117. The Hall–Kier alpha value is -1.65. The predicted molar refractivity (Wildman–Crippen MR) is 72.3 cm³/mol. The molecule has 0 spiro atoms. The summed E-state index contributed by atoms with van der Waals surface area (Å²) < 4.78 is 6.67. The summed E-state index contributed by atoms with van der Waals surface area (Å²) in [5, 5.41) is 4.28. The van der Waals surface area contributed by atoms with Crippen LogP contribution in [-0.4, -0.2) is 28.1 Å². The number of aromatic nitrogens is 2. The van der Waals surface area contributed by atoms with E-state index in [1.807, 2.05) is 20.8 Å². The van der Waals surface area contributed by atoms with Crippen LogP contribution in [0.25, 0.3) is 0 Å². The Morgan fingerprint density at radius 3 is 2.37 bits per heavy atom. The molecule has 0 fully saturated rings. The molecule has 1 heterocycles. The van der Waals surface area contributed by atoms with Gasteiger partial charge in [-0.25, -0.2) is 4.79 Å². The quantitative estimate of drug-likeness (QED) is 0.741. The number of esters is 1. The van der Waals surface area contributed by atoms with Gasteiger partial charge in [-0.05, 0) is 26.2 Å². The van der Waals surface area contributed by atoms with Gasteiger partial charge in [-0.15, -0.1) is 0 Å². The smallest absolute Gasteiger partial charge is 0.359 e. The Kier molecular flexibility index (Phi) is 5.27. The molecule has 1 aromatic heterocycles. The average Bonchev–Trinajstić information content (AvgIpc) is 2.67. The minimum atomic E-state index is -0.414. The Bertz CT molecular complexity index is 475. The zero-order chi connectivity index (χ0) is 14.6. The first-order valence-electron chi connectivity index (χ1n) is 6.68. The molecule has 0 aliphatic rings. The summed E-state index contributed by atoms with van der Waals surface area (Å²) in [6, 6.07) is 0.